The predicted octanol–water partition coefficient (Wildman–Crippen LogP) is 3.59. The summed E-state index contributed by atoms with van der Waals surface area (Å²) >= 11 is 7.23. The fourth-order valence-corrected chi connectivity index (χ4v) is 2.27. The van der Waals surface area contributed by atoms with Gasteiger partial charge in [0.1, 0.15) is 5.82 Å². The lowest BCUT2D eigenvalue weighted by atomic mass is 10.0. The second-order valence-corrected chi connectivity index (χ2v) is 4.36. The first-order valence-electron chi connectivity index (χ1n) is 4.41. The van der Waals surface area contributed by atoms with Crippen LogP contribution in [0.5, 0.6) is 0 Å². The van der Waals surface area contributed by atoms with Crippen LogP contribution in [0.25, 0.3) is 0 Å². The maximum Gasteiger partial charge on any atom is 0.146 e. The van der Waals surface area contributed by atoms with Crippen molar-refractivity contribution in [3.8, 4) is 0 Å². The van der Waals surface area contributed by atoms with Gasteiger partial charge in [-0.05, 0) is 28.5 Å². The predicted molar refractivity (Wildman–Crippen MR) is 61.8 cm³/mol. The Morgan fingerprint density at radius 2 is 2.13 bits per heavy atom. The molecule has 0 aliphatic rings. The van der Waals surface area contributed by atoms with Crippen molar-refractivity contribution in [3.05, 3.63) is 57.0 Å². The summed E-state index contributed by atoms with van der Waals surface area (Å²) in [7, 11) is 0. The van der Waals surface area contributed by atoms with Gasteiger partial charge in [0.2, 0.25) is 0 Å². The first kappa shape index (κ1) is 10.6. The molecule has 0 radical (unpaired) electrons. The topological polar surface area (TPSA) is 26.0 Å². The van der Waals surface area contributed by atoms with Gasteiger partial charge in [-0.3, -0.25) is 0 Å². The Morgan fingerprint density at radius 3 is 2.80 bits per heavy atom. The molecule has 2 N–H and O–H groups in total. The quantitative estimate of drug-likeness (QED) is 0.855. The maximum absolute atomic E-state index is 13.6. The summed E-state index contributed by atoms with van der Waals surface area (Å²) in [5.41, 5.74) is 7.27. The molecule has 2 aromatic rings. The van der Waals surface area contributed by atoms with E-state index >= 15 is 0 Å². The van der Waals surface area contributed by atoms with E-state index in [-0.39, 0.29) is 5.02 Å². The summed E-state index contributed by atoms with van der Waals surface area (Å²) < 4.78 is 13.6. The summed E-state index contributed by atoms with van der Waals surface area (Å²) in [6, 6.07) is 6.31. The first-order chi connectivity index (χ1) is 7.20. The van der Waals surface area contributed by atoms with Crippen LogP contribution >= 0.6 is 22.9 Å². The Hall–Kier alpha value is -0.900. The van der Waals surface area contributed by atoms with Gasteiger partial charge < -0.3 is 5.73 Å². The first-order valence-corrected chi connectivity index (χ1v) is 5.74. The highest BCUT2D eigenvalue weighted by Gasteiger charge is 2.15. The van der Waals surface area contributed by atoms with Gasteiger partial charge in [-0.2, -0.15) is 11.3 Å². The standard InChI is InChI=1S/C11H9ClFNS/c12-9-3-1-2-8(10(9)13)11(14)7-4-5-15-6-7/h1-6,11H,14H2/t11-/m1/s1. The second-order valence-electron chi connectivity index (χ2n) is 3.18. The monoisotopic (exact) mass is 241 g/mol. The zero-order valence-corrected chi connectivity index (χ0v) is 9.36. The van der Waals surface area contributed by atoms with Crippen molar-refractivity contribution in [2.75, 3.05) is 0 Å². The zero-order chi connectivity index (χ0) is 10.8. The smallest absolute Gasteiger partial charge is 0.146 e. The van der Waals surface area contributed by atoms with Crippen LogP contribution in [-0.2, 0) is 0 Å². The minimum absolute atomic E-state index is 0.109. The maximum atomic E-state index is 13.6. The second kappa shape index (κ2) is 4.31. The van der Waals surface area contributed by atoms with Gasteiger partial charge in [-0.25, -0.2) is 4.39 Å². The molecule has 1 nitrogen and oxygen atoms in total. The van der Waals surface area contributed by atoms with Crippen LogP contribution in [0.2, 0.25) is 5.02 Å². The largest absolute Gasteiger partial charge is 0.320 e. The van der Waals surface area contributed by atoms with E-state index in [1.165, 1.54) is 17.4 Å². The molecule has 0 aliphatic carbocycles. The van der Waals surface area contributed by atoms with Crippen molar-refractivity contribution in [1.82, 2.24) is 0 Å². The van der Waals surface area contributed by atoms with E-state index < -0.39 is 11.9 Å². The minimum Gasteiger partial charge on any atom is -0.320 e. The summed E-state index contributed by atoms with van der Waals surface area (Å²) in [5, 5.41) is 3.93. The molecule has 1 heterocycles. The normalized spacial score (nSPS) is 12.7. The lowest BCUT2D eigenvalue weighted by Gasteiger charge is -2.11. The van der Waals surface area contributed by atoms with Crippen LogP contribution in [0.3, 0.4) is 0 Å². The number of hydrogen-bond acceptors (Lipinski definition) is 2. The van der Waals surface area contributed by atoms with Crippen molar-refractivity contribution >= 4 is 22.9 Å². The number of thiophene rings is 1. The number of rotatable bonds is 2. The van der Waals surface area contributed by atoms with E-state index in [1.54, 1.807) is 12.1 Å². The number of halogens is 2. The third kappa shape index (κ3) is 2.04. The Kier molecular flexibility index (Phi) is 3.05. The fraction of sp³-hybridized carbons (Fsp3) is 0.0909. The van der Waals surface area contributed by atoms with Gasteiger partial charge in [0.25, 0.3) is 0 Å². The van der Waals surface area contributed by atoms with Crippen molar-refractivity contribution in [2.45, 2.75) is 6.04 Å². The molecule has 0 saturated heterocycles. The molecular formula is C11H9ClFNS. The molecule has 0 amide bonds. The molecule has 15 heavy (non-hydrogen) atoms. The molecule has 0 unspecified atom stereocenters. The van der Waals surface area contributed by atoms with E-state index in [2.05, 4.69) is 0 Å². The van der Waals surface area contributed by atoms with Gasteiger partial charge in [0, 0.05) is 5.56 Å². The Labute approximate surface area is 96.3 Å². The van der Waals surface area contributed by atoms with Crippen LogP contribution < -0.4 is 5.73 Å². The van der Waals surface area contributed by atoms with Crippen LogP contribution in [0, 0.1) is 5.82 Å². The summed E-state index contributed by atoms with van der Waals surface area (Å²) in [6.45, 7) is 0. The highest BCUT2D eigenvalue weighted by Crippen LogP contribution is 2.27. The SMILES string of the molecule is N[C@H](c1ccsc1)c1cccc(Cl)c1F. The number of hydrogen-bond donors (Lipinski definition) is 1. The zero-order valence-electron chi connectivity index (χ0n) is 7.78. The molecule has 0 spiro atoms. The van der Waals surface area contributed by atoms with E-state index in [0.29, 0.717) is 5.56 Å². The molecule has 1 aromatic heterocycles. The molecule has 78 valence electrons. The molecular weight excluding hydrogens is 233 g/mol. The van der Waals surface area contributed by atoms with Crippen molar-refractivity contribution < 1.29 is 4.39 Å². The van der Waals surface area contributed by atoms with Crippen molar-refractivity contribution in [2.24, 2.45) is 5.73 Å². The fourth-order valence-electron chi connectivity index (χ4n) is 1.39. The molecule has 0 bridgehead atoms. The van der Waals surface area contributed by atoms with Gasteiger partial charge in [-0.15, -0.1) is 0 Å². The minimum atomic E-state index is -0.449. The number of nitrogens with two attached hydrogens (primary N) is 1. The van der Waals surface area contributed by atoms with E-state index in [0.717, 1.165) is 5.56 Å². The van der Waals surface area contributed by atoms with Gasteiger partial charge in [0.15, 0.2) is 0 Å². The lowest BCUT2D eigenvalue weighted by Crippen LogP contribution is -2.12. The van der Waals surface area contributed by atoms with Crippen LogP contribution in [0.1, 0.15) is 17.2 Å². The highest BCUT2D eigenvalue weighted by atomic mass is 35.5. The molecule has 0 saturated carbocycles. The molecule has 2 rings (SSSR count). The average molecular weight is 242 g/mol. The third-order valence-electron chi connectivity index (χ3n) is 2.22. The van der Waals surface area contributed by atoms with Gasteiger partial charge >= 0.3 is 0 Å². The Morgan fingerprint density at radius 1 is 1.33 bits per heavy atom. The highest BCUT2D eigenvalue weighted by molar-refractivity contribution is 7.08. The van der Waals surface area contributed by atoms with Crippen molar-refractivity contribution in [3.63, 3.8) is 0 Å². The van der Waals surface area contributed by atoms with Crippen LogP contribution in [0.15, 0.2) is 35.0 Å². The lowest BCUT2D eigenvalue weighted by molar-refractivity contribution is 0.600. The van der Waals surface area contributed by atoms with Crippen LogP contribution in [-0.4, -0.2) is 0 Å². The molecule has 1 atom stereocenters. The van der Waals surface area contributed by atoms with Gasteiger partial charge in [0.05, 0.1) is 11.1 Å². The molecule has 0 fully saturated rings. The summed E-state index contributed by atoms with van der Waals surface area (Å²) in [6.07, 6.45) is 0. The number of benzene rings is 1. The summed E-state index contributed by atoms with van der Waals surface area (Å²) in [4.78, 5) is 0. The summed E-state index contributed by atoms with van der Waals surface area (Å²) in [5.74, 6) is -0.433. The van der Waals surface area contributed by atoms with E-state index in [9.17, 15) is 4.39 Å². The van der Waals surface area contributed by atoms with Crippen LogP contribution in [0.4, 0.5) is 4.39 Å². The molecule has 0 aliphatic heterocycles. The van der Waals surface area contributed by atoms with E-state index in [1.807, 2.05) is 16.8 Å². The van der Waals surface area contributed by atoms with E-state index in [4.69, 9.17) is 17.3 Å². The third-order valence-corrected chi connectivity index (χ3v) is 3.21. The Bertz CT molecular complexity index is 456. The van der Waals surface area contributed by atoms with Gasteiger partial charge in [-0.1, -0.05) is 23.7 Å². The average Bonchev–Trinajstić information content (AvgIpc) is 2.74. The van der Waals surface area contributed by atoms with Crippen molar-refractivity contribution in [1.29, 1.82) is 0 Å². The Balaban J connectivity index is 2.42. The molecule has 1 aromatic carbocycles. The molecule has 4 heteroatoms.